The van der Waals surface area contributed by atoms with Crippen LogP contribution in [0, 0.1) is 11.3 Å². The van der Waals surface area contributed by atoms with Gasteiger partial charge in [0, 0.05) is 17.3 Å². The largest absolute Gasteiger partial charge is 0.471 e. The molecule has 0 amide bonds. The van der Waals surface area contributed by atoms with Gasteiger partial charge in [0.25, 0.3) is 0 Å². The van der Waals surface area contributed by atoms with Gasteiger partial charge in [0.05, 0.1) is 12.4 Å². The van der Waals surface area contributed by atoms with E-state index in [1.54, 1.807) is 19.9 Å². The molecule has 0 aromatic carbocycles. The van der Waals surface area contributed by atoms with Crippen molar-refractivity contribution >= 4 is 17.3 Å². The fourth-order valence-corrected chi connectivity index (χ4v) is 3.46. The Morgan fingerprint density at radius 3 is 2.48 bits per heavy atom. The summed E-state index contributed by atoms with van der Waals surface area (Å²) in [5, 5.41) is 9.17. The van der Waals surface area contributed by atoms with Gasteiger partial charge in [-0.3, -0.25) is 4.40 Å². The number of hydrogen-bond donors (Lipinski definition) is 0. The van der Waals surface area contributed by atoms with E-state index >= 15 is 0 Å². The van der Waals surface area contributed by atoms with E-state index in [0.29, 0.717) is 27.9 Å². The van der Waals surface area contributed by atoms with Gasteiger partial charge < -0.3 is 9.47 Å². The zero-order valence-corrected chi connectivity index (χ0v) is 18.5. The number of rotatable bonds is 8. The average molecular weight is 487 g/mol. The maximum Gasteiger partial charge on any atom is 0.456 e. The van der Waals surface area contributed by atoms with Crippen molar-refractivity contribution in [3.63, 3.8) is 0 Å². The lowest BCUT2D eigenvalue weighted by molar-refractivity contribution is -0.290. The minimum atomic E-state index is -5.75. The van der Waals surface area contributed by atoms with Crippen LogP contribution in [0.2, 0.25) is 0 Å². The van der Waals surface area contributed by atoms with Crippen LogP contribution in [0.25, 0.3) is 17.0 Å². The third-order valence-corrected chi connectivity index (χ3v) is 5.12. The van der Waals surface area contributed by atoms with Crippen LogP contribution in [0.1, 0.15) is 20.8 Å². The van der Waals surface area contributed by atoms with E-state index in [4.69, 9.17) is 9.47 Å². The smallest absolute Gasteiger partial charge is 0.456 e. The fourth-order valence-electron chi connectivity index (χ4n) is 2.66. The van der Waals surface area contributed by atoms with Crippen LogP contribution in [-0.2, 0) is 0 Å². The first-order chi connectivity index (χ1) is 15.4. The number of pyridine rings is 1. The van der Waals surface area contributed by atoms with Gasteiger partial charge in [0.15, 0.2) is 18.0 Å². The molecule has 176 valence electrons. The van der Waals surface area contributed by atoms with Crippen molar-refractivity contribution in [1.82, 2.24) is 19.4 Å². The first-order valence-electron chi connectivity index (χ1n) is 9.51. The van der Waals surface area contributed by atoms with E-state index < -0.39 is 30.2 Å². The van der Waals surface area contributed by atoms with Gasteiger partial charge in [-0.1, -0.05) is 6.92 Å². The molecular weight excluding hydrogens is 469 g/mol. The Kier molecular flexibility index (Phi) is 6.69. The van der Waals surface area contributed by atoms with Gasteiger partial charge in [-0.2, -0.15) is 27.2 Å². The zero-order chi connectivity index (χ0) is 24.4. The molecule has 0 fully saturated rings. The fraction of sp³-hybridized carbons (Fsp3) is 0.400. The summed E-state index contributed by atoms with van der Waals surface area (Å²) in [6.45, 7) is 3.21. The van der Waals surface area contributed by atoms with Gasteiger partial charge in [-0.05, 0) is 25.7 Å². The molecule has 3 rings (SSSR count). The predicted molar refractivity (Wildman–Crippen MR) is 109 cm³/mol. The highest BCUT2D eigenvalue weighted by Crippen LogP contribution is 2.37. The molecule has 0 aliphatic carbocycles. The zero-order valence-electron chi connectivity index (χ0n) is 17.7. The molecule has 0 radical (unpaired) electrons. The monoisotopic (exact) mass is 487 g/mol. The van der Waals surface area contributed by atoms with Crippen molar-refractivity contribution in [2.24, 2.45) is 0 Å². The standard InChI is InChI=1S/C20H18F5N5O2S/c1-4-33-14-7-12(32-18(2,3)10-26)8-28-15(14)16-29-9-13-17(27-5-6-30(13)16)31-11-19(21,22)20(23,24)25/h5-9H,4,11H2,1-3H3. The van der Waals surface area contributed by atoms with Crippen molar-refractivity contribution < 1.29 is 31.4 Å². The maximum absolute atomic E-state index is 13.3. The van der Waals surface area contributed by atoms with Crippen LogP contribution < -0.4 is 9.47 Å². The molecule has 13 heteroatoms. The summed E-state index contributed by atoms with van der Waals surface area (Å²) >= 11 is 1.43. The third kappa shape index (κ3) is 5.27. The second kappa shape index (κ2) is 9.01. The van der Waals surface area contributed by atoms with E-state index in [2.05, 4.69) is 15.0 Å². The van der Waals surface area contributed by atoms with Crippen LogP contribution in [-0.4, -0.2) is 49.4 Å². The molecule has 0 aliphatic rings. The van der Waals surface area contributed by atoms with Gasteiger partial charge in [0.1, 0.15) is 23.0 Å². The van der Waals surface area contributed by atoms with Crippen LogP contribution in [0.15, 0.2) is 35.7 Å². The number of alkyl halides is 5. The molecule has 3 aromatic rings. The molecule has 3 heterocycles. The minimum absolute atomic E-state index is 0.0886. The van der Waals surface area contributed by atoms with Gasteiger partial charge in [0.2, 0.25) is 5.88 Å². The van der Waals surface area contributed by atoms with Crippen molar-refractivity contribution in [3.05, 3.63) is 30.9 Å². The van der Waals surface area contributed by atoms with Gasteiger partial charge in [-0.25, -0.2) is 15.0 Å². The Morgan fingerprint density at radius 2 is 1.85 bits per heavy atom. The number of hydrogen-bond acceptors (Lipinski definition) is 7. The maximum atomic E-state index is 13.3. The highest BCUT2D eigenvalue weighted by Gasteiger charge is 2.58. The molecule has 0 aliphatic heterocycles. The first kappa shape index (κ1) is 24.5. The molecule has 0 unspecified atom stereocenters. The summed E-state index contributed by atoms with van der Waals surface area (Å²) in [5.74, 6) is -4.14. The number of nitriles is 1. The van der Waals surface area contributed by atoms with Crippen molar-refractivity contribution in [3.8, 4) is 29.2 Å². The molecule has 0 atom stereocenters. The molecule has 0 saturated carbocycles. The van der Waals surface area contributed by atoms with Crippen LogP contribution in [0.3, 0.4) is 0 Å². The summed E-state index contributed by atoms with van der Waals surface area (Å²) in [6.07, 6.45) is -0.438. The molecule has 0 spiro atoms. The SMILES string of the molecule is CCSc1cc(OC(C)(C)C#N)cnc1-c1ncc2c(OCC(F)(F)C(F)(F)F)nccn12. The lowest BCUT2D eigenvalue weighted by Gasteiger charge is -2.19. The number of fused-ring (bicyclic) bond motifs is 1. The summed E-state index contributed by atoms with van der Waals surface area (Å²) < 4.78 is 75.6. The Hall–Kier alpha value is -3.14. The molecule has 7 nitrogen and oxygen atoms in total. The van der Waals surface area contributed by atoms with Crippen molar-refractivity contribution in [1.29, 1.82) is 5.26 Å². The Bertz CT molecular complexity index is 1190. The van der Waals surface area contributed by atoms with Crippen molar-refractivity contribution in [2.45, 2.75) is 43.4 Å². The summed E-state index contributed by atoms with van der Waals surface area (Å²) in [4.78, 5) is 13.1. The molecule has 33 heavy (non-hydrogen) atoms. The summed E-state index contributed by atoms with van der Waals surface area (Å²) in [5.41, 5.74) is -0.569. The molecule has 3 aromatic heterocycles. The lowest BCUT2D eigenvalue weighted by Crippen LogP contribution is -2.41. The van der Waals surface area contributed by atoms with Crippen LogP contribution in [0.5, 0.6) is 11.6 Å². The van der Waals surface area contributed by atoms with Crippen LogP contribution in [0.4, 0.5) is 22.0 Å². The number of ether oxygens (including phenoxy) is 2. The number of nitrogens with zero attached hydrogens (tertiary/aromatic N) is 5. The molecule has 0 saturated heterocycles. The Labute approximate surface area is 189 Å². The number of thioether (sulfide) groups is 1. The topological polar surface area (TPSA) is 85.3 Å². The van der Waals surface area contributed by atoms with Crippen molar-refractivity contribution in [2.75, 3.05) is 12.4 Å². The normalized spacial score (nSPS) is 12.6. The minimum Gasteiger partial charge on any atom is -0.471 e. The van der Waals surface area contributed by atoms with Crippen LogP contribution >= 0.6 is 11.8 Å². The number of halogens is 5. The first-order valence-corrected chi connectivity index (χ1v) is 10.5. The number of aromatic nitrogens is 4. The molecule has 0 bridgehead atoms. The Morgan fingerprint density at radius 1 is 1.12 bits per heavy atom. The highest BCUT2D eigenvalue weighted by molar-refractivity contribution is 7.99. The predicted octanol–water partition coefficient (Wildman–Crippen LogP) is 5.16. The number of imidazole rings is 1. The van der Waals surface area contributed by atoms with E-state index in [-0.39, 0.29) is 5.52 Å². The quantitative estimate of drug-likeness (QED) is 0.320. The second-order valence-electron chi connectivity index (χ2n) is 7.24. The van der Waals surface area contributed by atoms with Gasteiger partial charge in [-0.15, -0.1) is 11.8 Å². The van der Waals surface area contributed by atoms with E-state index in [1.807, 2.05) is 13.0 Å². The van der Waals surface area contributed by atoms with Gasteiger partial charge >= 0.3 is 12.1 Å². The molecule has 0 N–H and O–H groups in total. The molecular formula is C20H18F5N5O2S. The van der Waals surface area contributed by atoms with E-state index in [9.17, 15) is 27.2 Å². The highest BCUT2D eigenvalue weighted by atomic mass is 32.2. The second-order valence-corrected chi connectivity index (χ2v) is 8.54. The summed E-state index contributed by atoms with van der Waals surface area (Å²) in [6, 6.07) is 3.72. The van der Waals surface area contributed by atoms with E-state index in [1.165, 1.54) is 40.9 Å². The average Bonchev–Trinajstić information content (AvgIpc) is 3.16. The summed E-state index contributed by atoms with van der Waals surface area (Å²) in [7, 11) is 0. The van der Waals surface area contributed by atoms with E-state index in [0.717, 1.165) is 0 Å². The lowest BCUT2D eigenvalue weighted by atomic mass is 10.2. The third-order valence-electron chi connectivity index (χ3n) is 4.21. The Balaban J connectivity index is 1.98.